The number of nitrogens with one attached hydrogen (secondary N) is 2. The molecule has 1 saturated heterocycles. The third-order valence-corrected chi connectivity index (χ3v) is 4.24. The number of carbonyl (C=O) groups excluding carboxylic acids is 3. The number of likely N-dealkylation sites (tertiary alicyclic amines) is 1. The Bertz CT molecular complexity index is 529. The Hall–Kier alpha value is -1.85. The molecule has 1 aliphatic rings. The number of nitrogens with zero attached hydrogens (tertiary/aromatic N) is 1. The van der Waals surface area contributed by atoms with Crippen LogP contribution in [0.5, 0.6) is 0 Å². The second-order valence-corrected chi connectivity index (χ2v) is 6.19. The first-order chi connectivity index (χ1) is 11.7. The van der Waals surface area contributed by atoms with Crippen LogP contribution in [0.1, 0.15) is 19.8 Å². The molecule has 142 valence electrons. The molecule has 0 aromatic heterocycles. The first-order valence-corrected chi connectivity index (χ1v) is 8.47. The molecule has 3 amide bonds. The molecule has 0 radical (unpaired) electrons. The molecule has 0 aromatic carbocycles. The highest BCUT2D eigenvalue weighted by molar-refractivity contribution is 7.80. The van der Waals surface area contributed by atoms with Crippen molar-refractivity contribution in [2.24, 2.45) is 5.73 Å². The number of carbonyl (C=O) groups is 4. The van der Waals surface area contributed by atoms with Crippen LogP contribution in [0.25, 0.3) is 0 Å². The summed E-state index contributed by atoms with van der Waals surface area (Å²) >= 11 is 3.87. The van der Waals surface area contributed by atoms with E-state index in [-0.39, 0.29) is 12.3 Å². The molecule has 1 rings (SSSR count). The third kappa shape index (κ3) is 5.87. The summed E-state index contributed by atoms with van der Waals surface area (Å²) in [6.45, 7) is 1.12. The van der Waals surface area contributed by atoms with Gasteiger partial charge in [0, 0.05) is 12.3 Å². The number of aliphatic carboxylic acids is 1. The lowest BCUT2D eigenvalue weighted by Gasteiger charge is -2.28. The number of carboxylic acids is 1. The zero-order chi connectivity index (χ0) is 19.1. The summed E-state index contributed by atoms with van der Waals surface area (Å²) in [6.07, 6.45) is -0.387. The van der Waals surface area contributed by atoms with Crippen molar-refractivity contribution in [1.29, 1.82) is 0 Å². The molecule has 0 aromatic rings. The highest BCUT2D eigenvalue weighted by Gasteiger charge is 2.39. The van der Waals surface area contributed by atoms with E-state index in [1.807, 2.05) is 0 Å². The van der Waals surface area contributed by atoms with Gasteiger partial charge in [-0.1, -0.05) is 0 Å². The summed E-state index contributed by atoms with van der Waals surface area (Å²) in [7, 11) is 0. The number of aliphatic hydroxyl groups excluding tert-OH is 1. The molecule has 0 spiro atoms. The fourth-order valence-corrected chi connectivity index (χ4v) is 2.63. The summed E-state index contributed by atoms with van der Waals surface area (Å²) in [5.41, 5.74) is 5.45. The van der Waals surface area contributed by atoms with Crippen LogP contribution in [0, 0.1) is 0 Å². The molecule has 1 aliphatic heterocycles. The van der Waals surface area contributed by atoms with E-state index in [9.17, 15) is 24.3 Å². The van der Waals surface area contributed by atoms with Crippen LogP contribution in [0.2, 0.25) is 0 Å². The van der Waals surface area contributed by atoms with Gasteiger partial charge in [-0.3, -0.25) is 14.4 Å². The molecule has 25 heavy (non-hydrogen) atoms. The van der Waals surface area contributed by atoms with Gasteiger partial charge in [0.15, 0.2) is 0 Å². The van der Waals surface area contributed by atoms with Gasteiger partial charge in [-0.2, -0.15) is 12.6 Å². The van der Waals surface area contributed by atoms with Gasteiger partial charge in [0.2, 0.25) is 17.7 Å². The number of carboxylic acid groups (broad SMARTS) is 1. The van der Waals surface area contributed by atoms with Crippen molar-refractivity contribution in [1.82, 2.24) is 15.5 Å². The van der Waals surface area contributed by atoms with Crippen LogP contribution in [0.15, 0.2) is 0 Å². The number of nitrogens with two attached hydrogens (primary N) is 1. The van der Waals surface area contributed by atoms with E-state index in [1.54, 1.807) is 0 Å². The highest BCUT2D eigenvalue weighted by Crippen LogP contribution is 2.19. The molecule has 1 fully saturated rings. The Kier molecular flexibility index (Phi) is 8.13. The van der Waals surface area contributed by atoms with E-state index in [0.717, 1.165) is 4.90 Å². The van der Waals surface area contributed by atoms with Crippen LogP contribution in [-0.2, 0) is 19.2 Å². The molecule has 10 nitrogen and oxygen atoms in total. The van der Waals surface area contributed by atoms with Gasteiger partial charge in [-0.25, -0.2) is 4.79 Å². The van der Waals surface area contributed by atoms with Gasteiger partial charge in [0.25, 0.3) is 0 Å². The molecule has 0 aliphatic carbocycles. The Labute approximate surface area is 150 Å². The van der Waals surface area contributed by atoms with E-state index in [1.165, 1.54) is 6.92 Å². The van der Waals surface area contributed by atoms with Crippen LogP contribution < -0.4 is 16.4 Å². The van der Waals surface area contributed by atoms with Crippen molar-refractivity contribution >= 4 is 36.3 Å². The molecule has 1 heterocycles. The Morgan fingerprint density at radius 2 is 2.00 bits per heavy atom. The predicted molar refractivity (Wildman–Crippen MR) is 90.8 cm³/mol. The van der Waals surface area contributed by atoms with Gasteiger partial charge in [-0.05, 0) is 19.8 Å². The van der Waals surface area contributed by atoms with Crippen LogP contribution in [-0.4, -0.2) is 81.9 Å². The summed E-state index contributed by atoms with van der Waals surface area (Å²) in [6, 6.07) is -3.15. The smallest absolute Gasteiger partial charge is 0.326 e. The minimum Gasteiger partial charge on any atom is -0.480 e. The topological polar surface area (TPSA) is 162 Å². The van der Waals surface area contributed by atoms with Gasteiger partial charge < -0.3 is 31.5 Å². The van der Waals surface area contributed by atoms with Crippen molar-refractivity contribution in [2.45, 2.75) is 44.0 Å². The van der Waals surface area contributed by atoms with Crippen molar-refractivity contribution in [3.8, 4) is 0 Å². The normalized spacial score (nSPS) is 20.5. The Morgan fingerprint density at radius 1 is 1.36 bits per heavy atom. The average Bonchev–Trinajstić information content (AvgIpc) is 3.05. The number of rotatable bonds is 8. The van der Waals surface area contributed by atoms with E-state index >= 15 is 0 Å². The molecular formula is C14H24N4O6S. The monoisotopic (exact) mass is 376 g/mol. The second-order valence-electron chi connectivity index (χ2n) is 5.82. The summed E-state index contributed by atoms with van der Waals surface area (Å²) in [5.74, 6) is -2.98. The molecule has 6 N–H and O–H groups in total. The molecule has 4 unspecified atom stereocenters. The summed E-state index contributed by atoms with van der Waals surface area (Å²) in [4.78, 5) is 48.3. The fourth-order valence-electron chi connectivity index (χ4n) is 2.46. The Morgan fingerprint density at radius 3 is 2.52 bits per heavy atom. The average molecular weight is 376 g/mol. The van der Waals surface area contributed by atoms with Crippen LogP contribution >= 0.6 is 12.6 Å². The van der Waals surface area contributed by atoms with E-state index < -0.39 is 54.5 Å². The van der Waals surface area contributed by atoms with E-state index in [2.05, 4.69) is 23.3 Å². The molecule has 0 bridgehead atoms. The first-order valence-electron chi connectivity index (χ1n) is 7.83. The zero-order valence-corrected chi connectivity index (χ0v) is 14.7. The van der Waals surface area contributed by atoms with E-state index in [0.29, 0.717) is 12.8 Å². The van der Waals surface area contributed by atoms with Crippen LogP contribution in [0.4, 0.5) is 0 Å². The maximum absolute atomic E-state index is 12.5. The van der Waals surface area contributed by atoms with Crippen molar-refractivity contribution < 1.29 is 29.4 Å². The van der Waals surface area contributed by atoms with Crippen molar-refractivity contribution in [2.75, 3.05) is 18.8 Å². The SMILES string of the molecule is CC(O)C(NC(=O)CNC(=O)C(N)CS)C(=O)N1CCCC1C(=O)O. The highest BCUT2D eigenvalue weighted by atomic mass is 32.1. The molecule has 4 atom stereocenters. The maximum atomic E-state index is 12.5. The standard InChI is InChI=1S/C14H24N4O6S/c1-7(19)11(13(22)18-4-2-3-9(18)14(23)24)17-10(20)5-16-12(21)8(15)6-25/h7-9,11,19,25H,2-6,15H2,1H3,(H,16,21)(H,17,20)(H,23,24). The van der Waals surface area contributed by atoms with Gasteiger partial charge >= 0.3 is 5.97 Å². The van der Waals surface area contributed by atoms with E-state index in [4.69, 9.17) is 10.8 Å². The Balaban J connectivity index is 2.67. The maximum Gasteiger partial charge on any atom is 0.326 e. The minimum absolute atomic E-state index is 0.105. The second kappa shape index (κ2) is 9.59. The third-order valence-electron chi connectivity index (χ3n) is 3.84. The minimum atomic E-state index is -1.30. The van der Waals surface area contributed by atoms with Gasteiger partial charge in [0.05, 0.1) is 18.7 Å². The summed E-state index contributed by atoms with van der Waals surface area (Å²) in [5, 5.41) is 23.5. The fraction of sp³-hybridized carbons (Fsp3) is 0.714. The zero-order valence-electron chi connectivity index (χ0n) is 13.8. The molecule has 0 saturated carbocycles. The molecular weight excluding hydrogens is 352 g/mol. The number of hydrogen-bond donors (Lipinski definition) is 6. The van der Waals surface area contributed by atoms with Gasteiger partial charge in [0.1, 0.15) is 12.1 Å². The number of amides is 3. The van der Waals surface area contributed by atoms with Gasteiger partial charge in [-0.15, -0.1) is 0 Å². The quantitative estimate of drug-likeness (QED) is 0.251. The number of hydrogen-bond acceptors (Lipinski definition) is 7. The lowest BCUT2D eigenvalue weighted by Crippen LogP contribution is -2.57. The predicted octanol–water partition coefficient (Wildman–Crippen LogP) is -2.70. The summed E-state index contributed by atoms with van der Waals surface area (Å²) < 4.78 is 0. The number of thiol groups is 1. The number of aliphatic hydroxyl groups is 1. The lowest BCUT2D eigenvalue weighted by molar-refractivity contribution is -0.150. The molecule has 11 heteroatoms. The largest absolute Gasteiger partial charge is 0.480 e. The van der Waals surface area contributed by atoms with Crippen molar-refractivity contribution in [3.05, 3.63) is 0 Å². The van der Waals surface area contributed by atoms with Crippen molar-refractivity contribution in [3.63, 3.8) is 0 Å². The first kappa shape index (κ1) is 21.2. The lowest BCUT2D eigenvalue weighted by atomic mass is 10.1. The van der Waals surface area contributed by atoms with Crippen LogP contribution in [0.3, 0.4) is 0 Å².